The van der Waals surface area contributed by atoms with Crippen LogP contribution in [-0.2, 0) is 4.84 Å². The number of rotatable bonds is 6. The Morgan fingerprint density at radius 3 is 2.50 bits per heavy atom. The quantitative estimate of drug-likeness (QED) is 0.377. The summed E-state index contributed by atoms with van der Waals surface area (Å²) in [4.78, 5) is 21.5. The van der Waals surface area contributed by atoms with Gasteiger partial charge in [0.2, 0.25) is 0 Å². The number of aromatic carboxylic acids is 1. The highest BCUT2D eigenvalue weighted by molar-refractivity contribution is 7.13. The molecule has 0 aliphatic carbocycles. The van der Waals surface area contributed by atoms with Gasteiger partial charge in [-0.2, -0.15) is 0 Å². The van der Waals surface area contributed by atoms with E-state index in [1.165, 1.54) is 24.5 Å². The van der Waals surface area contributed by atoms with E-state index in [4.69, 9.17) is 4.84 Å². The summed E-state index contributed by atoms with van der Waals surface area (Å²) in [6.07, 6.45) is 0. The van der Waals surface area contributed by atoms with Crippen molar-refractivity contribution in [1.29, 1.82) is 0 Å². The zero-order chi connectivity index (χ0) is 21.1. The molecule has 0 bridgehead atoms. The SMILES string of the molecule is CONc1ccccc1-c1ccc(-c2nc(-c3ccccc3F)cs2)cc1C(=O)O. The molecule has 0 atom stereocenters. The molecule has 0 amide bonds. The fourth-order valence-corrected chi connectivity index (χ4v) is 4.02. The molecule has 0 unspecified atom stereocenters. The number of benzene rings is 3. The van der Waals surface area contributed by atoms with Gasteiger partial charge < -0.3 is 5.11 Å². The zero-order valence-corrected chi connectivity index (χ0v) is 16.7. The minimum atomic E-state index is -1.05. The van der Waals surface area contributed by atoms with Crippen LogP contribution < -0.4 is 5.48 Å². The summed E-state index contributed by atoms with van der Waals surface area (Å²) < 4.78 is 14.1. The first-order valence-corrected chi connectivity index (χ1v) is 9.93. The van der Waals surface area contributed by atoms with E-state index in [1.54, 1.807) is 41.8 Å². The minimum Gasteiger partial charge on any atom is -0.478 e. The number of aromatic nitrogens is 1. The summed E-state index contributed by atoms with van der Waals surface area (Å²) in [7, 11) is 1.49. The Morgan fingerprint density at radius 2 is 1.77 bits per heavy atom. The Hall–Kier alpha value is -3.55. The fraction of sp³-hybridized carbons (Fsp3) is 0.0435. The maximum Gasteiger partial charge on any atom is 0.336 e. The third-order valence-electron chi connectivity index (χ3n) is 4.58. The van der Waals surface area contributed by atoms with Crippen molar-refractivity contribution in [2.24, 2.45) is 0 Å². The largest absolute Gasteiger partial charge is 0.478 e. The first kappa shape index (κ1) is 19.8. The average molecular weight is 420 g/mol. The van der Waals surface area contributed by atoms with E-state index in [0.29, 0.717) is 38.6 Å². The molecule has 0 radical (unpaired) electrons. The molecule has 7 heteroatoms. The van der Waals surface area contributed by atoms with Crippen molar-refractivity contribution in [2.75, 3.05) is 12.6 Å². The molecule has 4 aromatic rings. The van der Waals surface area contributed by atoms with E-state index in [-0.39, 0.29) is 11.4 Å². The number of para-hydroxylation sites is 1. The number of thiazole rings is 1. The third kappa shape index (κ3) is 3.80. The first-order valence-electron chi connectivity index (χ1n) is 9.05. The number of hydrogen-bond donors (Lipinski definition) is 2. The van der Waals surface area contributed by atoms with Crippen LogP contribution in [0.3, 0.4) is 0 Å². The summed E-state index contributed by atoms with van der Waals surface area (Å²) in [5, 5.41) is 12.2. The smallest absolute Gasteiger partial charge is 0.336 e. The number of carbonyl (C=O) groups is 1. The molecule has 1 heterocycles. The van der Waals surface area contributed by atoms with Crippen molar-refractivity contribution in [3.8, 4) is 33.0 Å². The summed E-state index contributed by atoms with van der Waals surface area (Å²) in [6, 6.07) is 18.9. The van der Waals surface area contributed by atoms with Gasteiger partial charge in [-0.15, -0.1) is 11.3 Å². The van der Waals surface area contributed by atoms with Gasteiger partial charge >= 0.3 is 5.97 Å². The van der Waals surface area contributed by atoms with Gasteiger partial charge in [0.15, 0.2) is 0 Å². The summed E-state index contributed by atoms with van der Waals surface area (Å²) in [6.45, 7) is 0. The van der Waals surface area contributed by atoms with Gasteiger partial charge in [-0.3, -0.25) is 10.3 Å². The first-order chi connectivity index (χ1) is 14.6. The van der Waals surface area contributed by atoms with Crippen molar-refractivity contribution < 1.29 is 19.1 Å². The van der Waals surface area contributed by atoms with E-state index in [0.717, 1.165) is 0 Å². The van der Waals surface area contributed by atoms with Gasteiger partial charge in [-0.1, -0.05) is 42.5 Å². The highest BCUT2D eigenvalue weighted by Gasteiger charge is 2.17. The lowest BCUT2D eigenvalue weighted by Gasteiger charge is -2.13. The van der Waals surface area contributed by atoms with Gasteiger partial charge in [0.25, 0.3) is 0 Å². The maximum absolute atomic E-state index is 14.1. The molecule has 0 spiro atoms. The van der Waals surface area contributed by atoms with E-state index < -0.39 is 5.97 Å². The van der Waals surface area contributed by atoms with Crippen LogP contribution in [0.5, 0.6) is 0 Å². The standard InChI is InChI=1S/C23H17FN2O3S/c1-29-26-20-9-5-3-6-16(20)15-11-10-14(12-18(15)23(27)28)22-25-21(13-30-22)17-7-2-4-8-19(17)24/h2-13,26H,1H3,(H,27,28). The molecule has 2 N–H and O–H groups in total. The Morgan fingerprint density at radius 1 is 1.03 bits per heavy atom. The predicted octanol–water partition coefficient (Wildman–Crippen LogP) is 5.95. The third-order valence-corrected chi connectivity index (χ3v) is 5.47. The van der Waals surface area contributed by atoms with Crippen molar-refractivity contribution in [3.63, 3.8) is 0 Å². The maximum atomic E-state index is 14.1. The van der Waals surface area contributed by atoms with Crippen LogP contribution in [0.15, 0.2) is 72.1 Å². The van der Waals surface area contributed by atoms with Crippen molar-refractivity contribution >= 4 is 23.0 Å². The monoisotopic (exact) mass is 420 g/mol. The van der Waals surface area contributed by atoms with Crippen molar-refractivity contribution in [1.82, 2.24) is 4.98 Å². The van der Waals surface area contributed by atoms with E-state index >= 15 is 0 Å². The minimum absolute atomic E-state index is 0.139. The van der Waals surface area contributed by atoms with E-state index in [1.807, 2.05) is 24.3 Å². The van der Waals surface area contributed by atoms with Crippen molar-refractivity contribution in [3.05, 3.63) is 83.5 Å². The van der Waals surface area contributed by atoms with Crippen molar-refractivity contribution in [2.45, 2.75) is 0 Å². The number of carboxylic acids is 1. The molecule has 1 aromatic heterocycles. The van der Waals surface area contributed by atoms with Crippen LogP contribution in [0, 0.1) is 5.82 Å². The Bertz CT molecular complexity index is 1220. The van der Waals surface area contributed by atoms with Gasteiger partial charge in [-0.05, 0) is 29.8 Å². The highest BCUT2D eigenvalue weighted by Crippen LogP contribution is 2.35. The lowest BCUT2D eigenvalue weighted by Crippen LogP contribution is -2.03. The molecule has 150 valence electrons. The molecule has 0 saturated heterocycles. The van der Waals surface area contributed by atoms with E-state index in [2.05, 4.69) is 10.5 Å². The van der Waals surface area contributed by atoms with Crippen LogP contribution in [0.25, 0.3) is 33.0 Å². The lowest BCUT2D eigenvalue weighted by atomic mass is 9.96. The second-order valence-corrected chi connectivity index (χ2v) is 7.29. The highest BCUT2D eigenvalue weighted by atomic mass is 32.1. The molecule has 3 aromatic carbocycles. The molecular formula is C23H17FN2O3S. The molecule has 0 aliphatic heterocycles. The molecule has 4 rings (SSSR count). The molecule has 30 heavy (non-hydrogen) atoms. The van der Waals surface area contributed by atoms with E-state index in [9.17, 15) is 14.3 Å². The van der Waals surface area contributed by atoms with Gasteiger partial charge in [0.05, 0.1) is 24.1 Å². The van der Waals surface area contributed by atoms with Crippen LogP contribution in [0.4, 0.5) is 10.1 Å². The zero-order valence-electron chi connectivity index (χ0n) is 15.9. The number of carboxylic acid groups (broad SMARTS) is 1. The number of nitrogens with zero attached hydrogens (tertiary/aromatic N) is 1. The fourth-order valence-electron chi connectivity index (χ4n) is 3.20. The van der Waals surface area contributed by atoms with Crippen LogP contribution in [0.2, 0.25) is 0 Å². The second kappa shape index (κ2) is 8.44. The van der Waals surface area contributed by atoms with Crippen LogP contribution in [-0.4, -0.2) is 23.2 Å². The Balaban J connectivity index is 1.77. The lowest BCUT2D eigenvalue weighted by molar-refractivity contribution is 0.0698. The Labute approximate surface area is 176 Å². The Kier molecular flexibility index (Phi) is 5.56. The molecule has 0 fully saturated rings. The number of nitrogens with one attached hydrogen (secondary N) is 1. The normalized spacial score (nSPS) is 10.7. The average Bonchev–Trinajstić information content (AvgIpc) is 3.24. The number of anilines is 1. The van der Waals surface area contributed by atoms with Gasteiger partial charge in [0, 0.05) is 22.1 Å². The van der Waals surface area contributed by atoms with Gasteiger partial charge in [-0.25, -0.2) is 14.2 Å². The molecule has 0 aliphatic rings. The van der Waals surface area contributed by atoms with Crippen LogP contribution >= 0.6 is 11.3 Å². The van der Waals surface area contributed by atoms with Gasteiger partial charge in [0.1, 0.15) is 10.8 Å². The predicted molar refractivity (Wildman–Crippen MR) is 116 cm³/mol. The number of halogens is 1. The summed E-state index contributed by atoms with van der Waals surface area (Å²) in [5.41, 5.74) is 6.41. The molecule has 0 saturated carbocycles. The topological polar surface area (TPSA) is 71.5 Å². The second-order valence-electron chi connectivity index (χ2n) is 6.44. The summed E-state index contributed by atoms with van der Waals surface area (Å²) >= 11 is 1.34. The van der Waals surface area contributed by atoms with Crippen LogP contribution in [0.1, 0.15) is 10.4 Å². The molecule has 5 nitrogen and oxygen atoms in total. The number of hydrogen-bond acceptors (Lipinski definition) is 5. The molecular weight excluding hydrogens is 403 g/mol. The summed E-state index contributed by atoms with van der Waals surface area (Å²) in [5.74, 6) is -1.40.